The summed E-state index contributed by atoms with van der Waals surface area (Å²) in [5, 5.41) is 0.121. The van der Waals surface area contributed by atoms with E-state index in [1.165, 1.54) is 18.2 Å². The zero-order chi connectivity index (χ0) is 26.2. The molecule has 1 heterocycles. The van der Waals surface area contributed by atoms with Gasteiger partial charge in [0, 0.05) is 5.56 Å². The predicted octanol–water partition coefficient (Wildman–Crippen LogP) is 2.39. The average molecular weight is 581 g/mol. The first-order valence-corrected chi connectivity index (χ1v) is 10.2. The summed E-state index contributed by atoms with van der Waals surface area (Å²) in [4.78, 5) is 13.1. The molecule has 0 atom stereocenters. The number of carbonyl (C=O) groups excluding carboxylic acids is 1. The van der Waals surface area contributed by atoms with Gasteiger partial charge in [-0.3, -0.25) is 4.79 Å². The van der Waals surface area contributed by atoms with Crippen LogP contribution in [0.3, 0.4) is 0 Å². The van der Waals surface area contributed by atoms with E-state index >= 15 is 0 Å². The molecule has 0 saturated heterocycles. The number of alkyl halides is 3. The fraction of sp³-hybridized carbons (Fsp3) is 0.125. The van der Waals surface area contributed by atoms with Gasteiger partial charge in [0.25, 0.3) is 0 Å². The number of ether oxygens (including phenoxy) is 1. The molecule has 0 radical (unpaired) electrons. The van der Waals surface area contributed by atoms with Crippen molar-refractivity contribution < 1.29 is 84.0 Å². The van der Waals surface area contributed by atoms with Crippen LogP contribution in [0.25, 0.3) is 23.5 Å². The number of nitrogens with two attached hydrogens (primary N) is 4. The maximum atomic E-state index is 13.2. The quantitative estimate of drug-likeness (QED) is 0.132. The molecular weight excluding hydrogens is 557 g/mol. The van der Waals surface area contributed by atoms with E-state index in [-0.39, 0.29) is 91.5 Å². The molecule has 0 unspecified atom stereocenters. The number of carbonyl (C=O) groups is 1. The van der Waals surface area contributed by atoms with E-state index in [9.17, 15) is 17.6 Å². The third-order valence-electron chi connectivity index (χ3n) is 4.63. The summed E-state index contributed by atoms with van der Waals surface area (Å²) in [6.45, 7) is 0. The first-order valence-electron chi connectivity index (χ1n) is 9.87. The molecular formula is C24H24ClF4KN5O3-3. The van der Waals surface area contributed by atoms with Crippen molar-refractivity contribution in [1.29, 1.82) is 0 Å². The molecule has 0 aliphatic rings. The van der Waals surface area contributed by atoms with Crippen LogP contribution in [0.1, 0.15) is 16.8 Å². The van der Waals surface area contributed by atoms with Gasteiger partial charge in [0.05, 0.1) is 10.7 Å². The molecule has 14 heteroatoms. The van der Waals surface area contributed by atoms with Gasteiger partial charge in [-0.05, 0) is 53.8 Å². The van der Waals surface area contributed by atoms with Crippen LogP contribution in [0.2, 0.25) is 5.02 Å². The molecule has 38 heavy (non-hydrogen) atoms. The van der Waals surface area contributed by atoms with Gasteiger partial charge in [-0.15, -0.1) is 6.07 Å². The summed E-state index contributed by atoms with van der Waals surface area (Å²) >= 11 is 6.10. The number of anilines is 1. The van der Waals surface area contributed by atoms with Crippen molar-refractivity contribution in [1.82, 2.24) is 4.98 Å². The number of hydrogen-bond donors (Lipinski definition) is 3. The summed E-state index contributed by atoms with van der Waals surface area (Å²) < 4.78 is 56.7. The number of halogens is 5. The Kier molecular flexibility index (Phi) is 17.3. The minimum absolute atomic E-state index is 0. The summed E-state index contributed by atoms with van der Waals surface area (Å²) in [5.41, 5.74) is 16.2. The normalized spacial score (nSPS) is 10.5. The molecule has 0 aliphatic carbocycles. The zero-order valence-corrected chi connectivity index (χ0v) is 24.1. The van der Waals surface area contributed by atoms with Crippen LogP contribution in [0.4, 0.5) is 23.2 Å². The van der Waals surface area contributed by atoms with E-state index in [0.29, 0.717) is 41.1 Å². The molecule has 0 spiro atoms. The Labute approximate surface area is 264 Å². The molecule has 0 bridgehead atoms. The molecule has 8 nitrogen and oxygen atoms in total. The topological polar surface area (TPSA) is 181 Å². The van der Waals surface area contributed by atoms with Gasteiger partial charge in [0.2, 0.25) is 6.41 Å². The Morgan fingerprint density at radius 1 is 1.18 bits per heavy atom. The van der Waals surface area contributed by atoms with E-state index in [4.69, 9.17) is 32.6 Å². The number of pyridine rings is 1. The number of amides is 1. The molecule has 0 aliphatic heterocycles. The predicted molar refractivity (Wildman–Crippen MR) is 133 cm³/mol. The Hall–Kier alpha value is -2.23. The van der Waals surface area contributed by atoms with Crippen LogP contribution >= 0.6 is 11.6 Å². The van der Waals surface area contributed by atoms with Crippen molar-refractivity contribution in [2.75, 3.05) is 5.73 Å². The van der Waals surface area contributed by atoms with Crippen LogP contribution in [0.5, 0.6) is 5.75 Å². The maximum Gasteiger partial charge on any atom is 1.00 e. The Morgan fingerprint density at radius 3 is 2.29 bits per heavy atom. The zero-order valence-electron chi connectivity index (χ0n) is 20.2. The van der Waals surface area contributed by atoms with Gasteiger partial charge in [0.15, 0.2) is 0 Å². The summed E-state index contributed by atoms with van der Waals surface area (Å²) in [6, 6.07) is 13.4. The third-order valence-corrected chi connectivity index (χ3v) is 4.94. The van der Waals surface area contributed by atoms with Crippen molar-refractivity contribution in [3.8, 4) is 17.0 Å². The Morgan fingerprint density at radius 2 is 1.76 bits per heavy atom. The summed E-state index contributed by atoms with van der Waals surface area (Å²) in [5.74, 6) is -0.0897. The summed E-state index contributed by atoms with van der Waals surface area (Å²) in [6.07, 6.45) is -2.85. The van der Waals surface area contributed by atoms with Crippen molar-refractivity contribution >= 4 is 29.8 Å². The fourth-order valence-electron chi connectivity index (χ4n) is 2.97. The number of nitrogen functional groups attached to an aromatic ring is 1. The SMILES string of the molecule is NC=O.[CH2-]Oc1[c-]cc(CCc2cc(Cl)c(N)c(/C=C(\N)C(F)(F)F)c2)nc1-c1ccc(F)cc1.[K+].[NH2-].[OH-]. The van der Waals surface area contributed by atoms with Gasteiger partial charge in [-0.1, -0.05) is 41.4 Å². The first-order chi connectivity index (χ1) is 16.5. The molecule has 9 N–H and O–H groups in total. The second kappa shape index (κ2) is 17.4. The fourth-order valence-corrected chi connectivity index (χ4v) is 3.22. The van der Waals surface area contributed by atoms with Crippen molar-refractivity contribution in [2.24, 2.45) is 11.5 Å². The second-order valence-corrected chi connectivity index (χ2v) is 7.44. The van der Waals surface area contributed by atoms with Gasteiger partial charge < -0.3 is 38.5 Å². The monoisotopic (exact) mass is 580 g/mol. The standard InChI is InChI=1S/C23H18ClF4N3O.CH3NO.K.H2N.H2O/c1-32-19-9-8-17(31-22(19)14-3-5-16(25)6-4-14)7-2-13-10-15(21(30)18(24)11-13)12-20(29)23(26,27)28;2-1-3;;;/h3-6,8,10-12H,1-2,7,29-30H2;1H,(H2,2,3);;2*1H2/q-2;;+1;-1;/p-1/b20-12-;;;;. The minimum Gasteiger partial charge on any atom is -0.870 e. The maximum absolute atomic E-state index is 13.2. The molecule has 2 aromatic carbocycles. The Bertz CT molecular complexity index is 1210. The molecule has 0 fully saturated rings. The number of nitrogens with zero attached hydrogens (tertiary/aromatic N) is 1. The van der Waals surface area contributed by atoms with E-state index in [1.54, 1.807) is 24.3 Å². The Balaban J connectivity index is 0. The van der Waals surface area contributed by atoms with E-state index in [1.807, 2.05) is 0 Å². The van der Waals surface area contributed by atoms with Crippen LogP contribution in [-0.2, 0) is 17.6 Å². The molecule has 3 aromatic rings. The van der Waals surface area contributed by atoms with Gasteiger partial charge in [0.1, 0.15) is 11.5 Å². The smallest absolute Gasteiger partial charge is 0.870 e. The second-order valence-electron chi connectivity index (χ2n) is 7.03. The summed E-state index contributed by atoms with van der Waals surface area (Å²) in [7, 11) is 3.38. The van der Waals surface area contributed by atoms with Gasteiger partial charge >= 0.3 is 57.6 Å². The number of allylic oxidation sites excluding steroid dienone is 1. The van der Waals surface area contributed by atoms with Gasteiger partial charge in [-0.25, -0.2) is 4.39 Å². The molecule has 0 saturated carbocycles. The van der Waals surface area contributed by atoms with Crippen LogP contribution in [0, 0.1) is 19.0 Å². The number of primary amides is 1. The van der Waals surface area contributed by atoms with Crippen LogP contribution in [0.15, 0.2) is 48.2 Å². The average Bonchev–Trinajstić information content (AvgIpc) is 2.81. The number of aryl methyl sites for hydroxylation is 2. The van der Waals surface area contributed by atoms with Crippen LogP contribution < -0.4 is 73.3 Å². The first kappa shape index (κ1) is 37.9. The van der Waals surface area contributed by atoms with E-state index in [2.05, 4.69) is 23.9 Å². The number of hydrogen-bond acceptors (Lipinski definition) is 6. The number of aromatic nitrogens is 1. The van der Waals surface area contributed by atoms with Gasteiger partial charge in [-0.2, -0.15) is 26.3 Å². The number of rotatable bonds is 6. The van der Waals surface area contributed by atoms with E-state index < -0.39 is 11.9 Å². The molecule has 1 amide bonds. The van der Waals surface area contributed by atoms with Crippen molar-refractivity contribution in [2.45, 2.75) is 19.0 Å². The molecule has 202 valence electrons. The van der Waals surface area contributed by atoms with E-state index in [0.717, 1.165) is 6.08 Å². The molecule has 3 rings (SSSR count). The van der Waals surface area contributed by atoms with Crippen LogP contribution in [-0.4, -0.2) is 23.0 Å². The van der Waals surface area contributed by atoms with Crippen molar-refractivity contribution in [3.63, 3.8) is 0 Å². The molecule has 1 aromatic heterocycles. The largest absolute Gasteiger partial charge is 1.00 e. The minimum atomic E-state index is -4.68. The third kappa shape index (κ3) is 10.9. The number of benzene rings is 2. The van der Waals surface area contributed by atoms with Crippen molar-refractivity contribution in [3.05, 3.63) is 95.1 Å².